The van der Waals surface area contributed by atoms with Gasteiger partial charge in [0.1, 0.15) is 12.1 Å². The van der Waals surface area contributed by atoms with E-state index >= 15 is 0 Å². The maximum Gasteiger partial charge on any atom is 0.186 e. The van der Waals surface area contributed by atoms with Crippen molar-refractivity contribution in [1.29, 1.82) is 10.5 Å². The van der Waals surface area contributed by atoms with Crippen LogP contribution in [0.15, 0.2) is 144 Å². The van der Waals surface area contributed by atoms with E-state index in [1.165, 1.54) is 22.2 Å². The number of benzene rings is 5. The van der Waals surface area contributed by atoms with Crippen molar-refractivity contribution >= 4 is 56.7 Å². The van der Waals surface area contributed by atoms with E-state index in [4.69, 9.17) is 44.1 Å². The Kier molecular flexibility index (Phi) is 11.9. The molecule has 12 heteroatoms. The van der Waals surface area contributed by atoms with Gasteiger partial charge in [-0.25, -0.2) is 9.97 Å². The smallest absolute Gasteiger partial charge is 0.186 e. The molecule has 0 saturated heterocycles. The van der Waals surface area contributed by atoms with E-state index in [9.17, 15) is 0 Å². The van der Waals surface area contributed by atoms with Crippen LogP contribution in [-0.2, 0) is 13.1 Å². The van der Waals surface area contributed by atoms with Crippen LogP contribution in [0, 0.1) is 22.7 Å². The Morgan fingerprint density at radius 1 is 0.580 bits per heavy atom. The number of fused-ring (bicyclic) bond motifs is 2. The molecular weight excluding hydrogens is 671 g/mol. The maximum atomic E-state index is 8.49. The molecule has 7 rings (SSSR count). The number of nitrogens with zero attached hydrogens (tertiary/aromatic N) is 8. The number of imidazole rings is 2. The van der Waals surface area contributed by atoms with Crippen LogP contribution in [0.1, 0.15) is 22.3 Å². The molecule has 0 fully saturated rings. The highest BCUT2D eigenvalue weighted by Crippen LogP contribution is 2.17. The van der Waals surface area contributed by atoms with Gasteiger partial charge in [-0.05, 0) is 59.7 Å². The van der Waals surface area contributed by atoms with Gasteiger partial charge in [-0.2, -0.15) is 10.5 Å². The Balaban J connectivity index is 0.000000169. The third kappa shape index (κ3) is 8.91. The predicted molar refractivity (Wildman–Crippen MR) is 195 cm³/mol. The SMILES string of the molecule is N#C/C(=N\O)c1cccc(Cl)c1.N#C/C(=N\O)c1cccc(Cl)c1.c1ccc2c(c1)ncn2Cc1ccc(Cn2cnc3ccccc32)cc1. The van der Waals surface area contributed by atoms with E-state index in [0.29, 0.717) is 21.2 Å². The molecule has 0 aliphatic rings. The van der Waals surface area contributed by atoms with Crippen molar-refractivity contribution in [3.05, 3.63) is 166 Å². The van der Waals surface area contributed by atoms with Crippen LogP contribution in [0.25, 0.3) is 22.1 Å². The fraction of sp³-hybridized carbons (Fsp3) is 0.0526. The molecule has 50 heavy (non-hydrogen) atoms. The van der Waals surface area contributed by atoms with E-state index < -0.39 is 0 Å². The molecule has 5 aromatic carbocycles. The fourth-order valence-corrected chi connectivity index (χ4v) is 5.36. The first-order valence-electron chi connectivity index (χ1n) is 15.1. The second-order valence-corrected chi connectivity index (χ2v) is 11.6. The van der Waals surface area contributed by atoms with Crippen LogP contribution in [0.5, 0.6) is 0 Å². The van der Waals surface area contributed by atoms with Crippen LogP contribution in [0.3, 0.4) is 0 Å². The van der Waals surface area contributed by atoms with Crippen molar-refractivity contribution in [3.8, 4) is 12.1 Å². The summed E-state index contributed by atoms with van der Waals surface area (Å²) in [5, 5.41) is 40.4. The molecule has 10 nitrogen and oxygen atoms in total. The molecule has 246 valence electrons. The number of para-hydroxylation sites is 4. The lowest BCUT2D eigenvalue weighted by Gasteiger charge is -2.08. The summed E-state index contributed by atoms with van der Waals surface area (Å²) in [5.41, 5.74) is 7.88. The lowest BCUT2D eigenvalue weighted by molar-refractivity contribution is 0.320. The molecule has 0 unspecified atom stereocenters. The summed E-state index contributed by atoms with van der Waals surface area (Å²) in [5.74, 6) is 0. The van der Waals surface area contributed by atoms with Crippen molar-refractivity contribution in [1.82, 2.24) is 19.1 Å². The largest absolute Gasteiger partial charge is 0.410 e. The van der Waals surface area contributed by atoms with Gasteiger partial charge in [-0.1, -0.05) is 106 Å². The van der Waals surface area contributed by atoms with E-state index in [1.54, 1.807) is 60.7 Å². The number of hydrogen-bond donors (Lipinski definition) is 2. The average Bonchev–Trinajstić information content (AvgIpc) is 3.75. The van der Waals surface area contributed by atoms with Gasteiger partial charge in [0, 0.05) is 34.3 Å². The standard InChI is InChI=1S/C22H18N4.2C8H5ClN2O/c1-3-7-21-19(5-1)23-15-25(21)13-17-9-11-18(12-10-17)14-26-16-24-20-6-2-4-8-22(20)26;2*9-7-3-1-2-6(4-7)8(5-10)11-12/h1-12,15-16H,13-14H2;2*1-4,12H/b;2*11-8+. The van der Waals surface area contributed by atoms with Crippen molar-refractivity contribution in [2.45, 2.75) is 13.1 Å². The third-order valence-electron chi connectivity index (χ3n) is 7.39. The summed E-state index contributed by atoms with van der Waals surface area (Å²) >= 11 is 11.3. The summed E-state index contributed by atoms with van der Waals surface area (Å²) < 4.78 is 4.38. The lowest BCUT2D eigenvalue weighted by Crippen LogP contribution is -2.00. The van der Waals surface area contributed by atoms with E-state index in [-0.39, 0.29) is 11.4 Å². The van der Waals surface area contributed by atoms with Gasteiger partial charge in [0.05, 0.1) is 34.7 Å². The van der Waals surface area contributed by atoms with Gasteiger partial charge in [0.15, 0.2) is 11.4 Å². The highest BCUT2D eigenvalue weighted by molar-refractivity contribution is 6.31. The quantitative estimate of drug-likeness (QED) is 0.101. The van der Waals surface area contributed by atoms with Gasteiger partial charge in [-0.15, -0.1) is 0 Å². The second kappa shape index (κ2) is 17.1. The van der Waals surface area contributed by atoms with Gasteiger partial charge in [0.2, 0.25) is 0 Å². The second-order valence-electron chi connectivity index (χ2n) is 10.7. The van der Waals surface area contributed by atoms with Crippen molar-refractivity contribution < 1.29 is 10.4 Å². The van der Waals surface area contributed by atoms with E-state index in [0.717, 1.165) is 24.1 Å². The van der Waals surface area contributed by atoms with Crippen molar-refractivity contribution in [2.24, 2.45) is 10.3 Å². The molecule has 0 spiro atoms. The maximum absolute atomic E-state index is 8.49. The number of oxime groups is 2. The molecule has 0 bridgehead atoms. The zero-order valence-corrected chi connectivity index (χ0v) is 27.9. The van der Waals surface area contributed by atoms with Crippen molar-refractivity contribution in [2.75, 3.05) is 0 Å². The van der Waals surface area contributed by atoms with Gasteiger partial charge >= 0.3 is 0 Å². The number of halogens is 2. The Morgan fingerprint density at radius 3 is 1.34 bits per heavy atom. The predicted octanol–water partition coefficient (Wildman–Crippen LogP) is 8.57. The Labute approximate surface area is 297 Å². The summed E-state index contributed by atoms with van der Waals surface area (Å²) in [7, 11) is 0. The minimum atomic E-state index is -0.0440. The molecule has 2 N–H and O–H groups in total. The first kappa shape index (κ1) is 34.9. The molecule has 0 saturated carbocycles. The molecule has 0 amide bonds. The van der Waals surface area contributed by atoms with Gasteiger partial charge in [-0.3, -0.25) is 0 Å². The number of hydrogen-bond acceptors (Lipinski definition) is 8. The molecule has 7 aromatic rings. The van der Waals surface area contributed by atoms with Crippen molar-refractivity contribution in [3.63, 3.8) is 0 Å². The minimum Gasteiger partial charge on any atom is -0.410 e. The first-order chi connectivity index (χ1) is 24.4. The zero-order chi connectivity index (χ0) is 35.3. The summed E-state index contributed by atoms with van der Waals surface area (Å²) in [6.45, 7) is 1.66. The van der Waals surface area contributed by atoms with Crippen LogP contribution in [0.4, 0.5) is 0 Å². The Morgan fingerprint density at radius 2 is 0.980 bits per heavy atom. The number of aromatic nitrogens is 4. The van der Waals surface area contributed by atoms with Gasteiger partial charge in [0.25, 0.3) is 0 Å². The average molecular weight is 700 g/mol. The molecule has 2 aromatic heterocycles. The van der Waals surface area contributed by atoms with Gasteiger partial charge < -0.3 is 19.5 Å². The monoisotopic (exact) mass is 698 g/mol. The van der Waals surface area contributed by atoms with Crippen LogP contribution < -0.4 is 0 Å². The normalized spacial score (nSPS) is 11.1. The molecule has 0 aliphatic heterocycles. The highest BCUT2D eigenvalue weighted by Gasteiger charge is 2.06. The molecule has 0 aliphatic carbocycles. The van der Waals surface area contributed by atoms with Crippen LogP contribution in [0.2, 0.25) is 10.0 Å². The zero-order valence-electron chi connectivity index (χ0n) is 26.3. The van der Waals surface area contributed by atoms with Crippen LogP contribution in [-0.4, -0.2) is 40.9 Å². The summed E-state index contributed by atoms with van der Waals surface area (Å²) in [6, 6.07) is 41.8. The van der Waals surface area contributed by atoms with E-state index in [1.807, 2.05) is 36.9 Å². The molecule has 0 atom stereocenters. The topological polar surface area (TPSA) is 148 Å². The summed E-state index contributed by atoms with van der Waals surface area (Å²) in [4.78, 5) is 8.93. The highest BCUT2D eigenvalue weighted by atomic mass is 35.5. The van der Waals surface area contributed by atoms with Crippen LogP contribution >= 0.6 is 23.2 Å². The molecule has 0 radical (unpaired) electrons. The molecular formula is C38H28Cl2N8O2. The fourth-order valence-electron chi connectivity index (χ4n) is 4.98. The molecule has 2 heterocycles. The van der Waals surface area contributed by atoms with E-state index in [2.05, 4.69) is 77.9 Å². The lowest BCUT2D eigenvalue weighted by atomic mass is 10.1. The minimum absolute atomic E-state index is 0.0440. The third-order valence-corrected chi connectivity index (χ3v) is 7.86. The number of rotatable bonds is 6. The first-order valence-corrected chi connectivity index (χ1v) is 15.8. The Bertz CT molecular complexity index is 2200. The summed E-state index contributed by atoms with van der Waals surface area (Å²) in [6.07, 6.45) is 3.83. The Hall–Kier alpha value is -6.46. The number of nitriles is 2.